The summed E-state index contributed by atoms with van der Waals surface area (Å²) >= 11 is 0. The van der Waals surface area contributed by atoms with Crippen LogP contribution in [-0.4, -0.2) is 94.9 Å². The fourth-order valence-corrected chi connectivity index (χ4v) is 2.86. The number of aliphatic hydroxyl groups is 4. The number of hydrogen-bond acceptors (Lipinski definition) is 10. The van der Waals surface area contributed by atoms with E-state index >= 15 is 0 Å². The second kappa shape index (κ2) is 6.24. The van der Waals surface area contributed by atoms with Crippen molar-refractivity contribution in [3.05, 3.63) is 0 Å². The van der Waals surface area contributed by atoms with Gasteiger partial charge in [0.25, 0.3) is 0 Å². The summed E-state index contributed by atoms with van der Waals surface area (Å²) in [5, 5.41) is 39.8. The van der Waals surface area contributed by atoms with Crippen LogP contribution in [0.15, 0.2) is 0 Å². The summed E-state index contributed by atoms with van der Waals surface area (Å²) < 4.78 is 21.9. The Bertz CT molecular complexity index is 333. The first-order chi connectivity index (χ1) is 10.4. The minimum absolute atomic E-state index is 0.140. The molecule has 0 spiro atoms. The van der Waals surface area contributed by atoms with Gasteiger partial charge in [-0.3, -0.25) is 0 Å². The summed E-state index contributed by atoms with van der Waals surface area (Å²) in [4.78, 5) is 0. The van der Waals surface area contributed by atoms with E-state index in [-0.39, 0.29) is 13.2 Å². The van der Waals surface area contributed by atoms with E-state index in [4.69, 9.17) is 30.4 Å². The van der Waals surface area contributed by atoms with Crippen molar-refractivity contribution in [1.29, 1.82) is 0 Å². The molecule has 0 unspecified atom stereocenters. The van der Waals surface area contributed by atoms with Crippen molar-refractivity contribution in [2.75, 3.05) is 13.2 Å². The van der Waals surface area contributed by atoms with Gasteiger partial charge in [0.05, 0.1) is 25.3 Å². The molecule has 3 aliphatic heterocycles. The van der Waals surface area contributed by atoms with Gasteiger partial charge in [0.2, 0.25) is 0 Å². The van der Waals surface area contributed by atoms with Gasteiger partial charge in [-0.2, -0.15) is 0 Å². The summed E-state index contributed by atoms with van der Waals surface area (Å²) in [5.74, 6) is 0. The maximum atomic E-state index is 9.97. The van der Waals surface area contributed by atoms with Crippen LogP contribution in [0.1, 0.15) is 0 Å². The molecule has 0 aromatic heterocycles. The molecule has 0 aliphatic carbocycles. The van der Waals surface area contributed by atoms with Gasteiger partial charge in [0.1, 0.15) is 36.6 Å². The third kappa shape index (κ3) is 2.76. The Morgan fingerprint density at radius 2 is 1.00 bits per heavy atom. The van der Waals surface area contributed by atoms with Crippen LogP contribution in [0, 0.1) is 0 Å². The van der Waals surface area contributed by atoms with Crippen LogP contribution in [0.3, 0.4) is 0 Å². The van der Waals surface area contributed by atoms with E-state index in [0.29, 0.717) is 0 Å². The second-order valence-electron chi connectivity index (χ2n) is 5.87. The fourth-order valence-electron chi connectivity index (χ4n) is 2.86. The van der Waals surface area contributed by atoms with Crippen molar-refractivity contribution in [3.8, 4) is 0 Å². The van der Waals surface area contributed by atoms with Gasteiger partial charge in [0, 0.05) is 0 Å². The Labute approximate surface area is 126 Å². The smallest absolute Gasteiger partial charge is 0.175 e. The van der Waals surface area contributed by atoms with Gasteiger partial charge in [-0.1, -0.05) is 0 Å². The Kier molecular flexibility index (Phi) is 4.67. The predicted octanol–water partition coefficient (Wildman–Crippen LogP) is -4.42. The van der Waals surface area contributed by atoms with E-state index in [1.54, 1.807) is 0 Å². The van der Waals surface area contributed by atoms with Gasteiger partial charge >= 0.3 is 0 Å². The van der Waals surface area contributed by atoms with Crippen LogP contribution in [0.4, 0.5) is 0 Å². The van der Waals surface area contributed by atoms with Crippen LogP contribution in [0.2, 0.25) is 0 Å². The predicted molar refractivity (Wildman–Crippen MR) is 69.2 cm³/mol. The zero-order valence-corrected chi connectivity index (χ0v) is 11.8. The molecule has 0 aromatic carbocycles. The highest BCUT2D eigenvalue weighted by Gasteiger charge is 2.48. The lowest BCUT2D eigenvalue weighted by Crippen LogP contribution is -2.67. The first-order valence-electron chi connectivity index (χ1n) is 7.17. The lowest BCUT2D eigenvalue weighted by molar-refractivity contribution is -0.329. The molecule has 10 nitrogen and oxygen atoms in total. The number of hydrogen-bond donors (Lipinski definition) is 6. The van der Waals surface area contributed by atoms with Crippen molar-refractivity contribution >= 4 is 0 Å². The first kappa shape index (κ1) is 16.5. The Morgan fingerprint density at radius 1 is 0.636 bits per heavy atom. The molecule has 3 saturated heterocycles. The van der Waals surface area contributed by atoms with E-state index in [9.17, 15) is 20.4 Å². The van der Waals surface area contributed by atoms with Crippen molar-refractivity contribution < 1.29 is 39.4 Å². The van der Waals surface area contributed by atoms with Gasteiger partial charge in [-0.05, 0) is 0 Å². The molecule has 22 heavy (non-hydrogen) atoms. The van der Waals surface area contributed by atoms with Crippen LogP contribution < -0.4 is 11.5 Å². The zero-order chi connectivity index (χ0) is 16.0. The topological polar surface area (TPSA) is 170 Å². The van der Waals surface area contributed by atoms with Crippen LogP contribution in [-0.2, 0) is 18.9 Å². The average Bonchev–Trinajstić information content (AvgIpc) is 2.52. The molecule has 3 fully saturated rings. The standard InChI is InChI=1S/C12H22N2O8/c13-5-10(18)8(16)4-2-20-12-6(14)9(17)7(15)3(21-12)1-19-11(5)22-4/h3-12,15-18H,1-2,13-14H2/t3-,4-,5-,6-,7-,8-,9-,10-,11-,12-/m1/s1. The minimum Gasteiger partial charge on any atom is -0.388 e. The summed E-state index contributed by atoms with van der Waals surface area (Å²) in [6.45, 7) is -0.280. The Hall–Kier alpha value is -0.400. The van der Waals surface area contributed by atoms with E-state index in [2.05, 4.69) is 0 Å². The molecule has 0 radical (unpaired) electrons. The molecule has 128 valence electrons. The summed E-state index contributed by atoms with van der Waals surface area (Å²) in [5.41, 5.74) is 11.5. The van der Waals surface area contributed by atoms with Gasteiger partial charge < -0.3 is 50.8 Å². The normalized spacial score (nSPS) is 56.5. The Balaban J connectivity index is 1.79. The first-order valence-corrected chi connectivity index (χ1v) is 7.17. The van der Waals surface area contributed by atoms with E-state index in [1.807, 2.05) is 0 Å². The molecule has 10 heteroatoms. The number of aliphatic hydroxyl groups excluding tert-OH is 4. The number of fused-ring (bicyclic) bond motifs is 4. The van der Waals surface area contributed by atoms with Gasteiger partial charge in [0.15, 0.2) is 12.6 Å². The quantitative estimate of drug-likeness (QED) is 0.256. The summed E-state index contributed by atoms with van der Waals surface area (Å²) in [6, 6.07) is -1.93. The second-order valence-corrected chi connectivity index (χ2v) is 5.87. The molecular weight excluding hydrogens is 300 g/mol. The molecule has 8 N–H and O–H groups in total. The molecule has 0 amide bonds. The van der Waals surface area contributed by atoms with Gasteiger partial charge in [-0.15, -0.1) is 0 Å². The molecule has 10 atom stereocenters. The van der Waals surface area contributed by atoms with Gasteiger partial charge in [-0.25, -0.2) is 0 Å². The highest BCUT2D eigenvalue weighted by atomic mass is 16.7. The van der Waals surface area contributed by atoms with Crippen molar-refractivity contribution in [1.82, 2.24) is 0 Å². The van der Waals surface area contributed by atoms with Crippen molar-refractivity contribution in [2.45, 2.75) is 61.3 Å². The lowest BCUT2D eigenvalue weighted by atomic mass is 9.96. The average molecular weight is 322 g/mol. The largest absolute Gasteiger partial charge is 0.388 e. The van der Waals surface area contributed by atoms with Crippen molar-refractivity contribution in [3.63, 3.8) is 0 Å². The SMILES string of the molecule is N[C@H]1[C@@H]2OC[C@H]3O[C@@H](OC[C@@H](O2)[C@@H](O)[C@@H]1O)[C@H](N)[C@@H](O)[C@@H]3O. The molecule has 0 saturated carbocycles. The molecular formula is C12H22N2O8. The summed E-state index contributed by atoms with van der Waals surface area (Å²) in [7, 11) is 0. The van der Waals surface area contributed by atoms with Crippen LogP contribution in [0.5, 0.6) is 0 Å². The number of nitrogens with two attached hydrogens (primary N) is 2. The fraction of sp³-hybridized carbons (Fsp3) is 1.00. The lowest BCUT2D eigenvalue weighted by Gasteiger charge is -2.46. The van der Waals surface area contributed by atoms with E-state index < -0.39 is 61.3 Å². The molecule has 3 aliphatic rings. The van der Waals surface area contributed by atoms with Crippen molar-refractivity contribution in [2.24, 2.45) is 11.5 Å². The summed E-state index contributed by atoms with van der Waals surface area (Å²) in [6.07, 6.45) is -8.72. The number of ether oxygens (including phenoxy) is 4. The minimum atomic E-state index is -1.25. The monoisotopic (exact) mass is 322 g/mol. The van der Waals surface area contributed by atoms with Crippen LogP contribution >= 0.6 is 0 Å². The molecule has 0 aromatic rings. The number of rotatable bonds is 0. The maximum Gasteiger partial charge on any atom is 0.175 e. The van der Waals surface area contributed by atoms with E-state index in [0.717, 1.165) is 0 Å². The molecule has 3 rings (SSSR count). The highest BCUT2D eigenvalue weighted by molar-refractivity contribution is 4.95. The molecule has 4 bridgehead atoms. The van der Waals surface area contributed by atoms with E-state index in [1.165, 1.54) is 0 Å². The zero-order valence-electron chi connectivity index (χ0n) is 11.8. The maximum absolute atomic E-state index is 9.97. The third-order valence-corrected chi connectivity index (χ3v) is 4.35. The van der Waals surface area contributed by atoms with Crippen LogP contribution in [0.25, 0.3) is 0 Å². The third-order valence-electron chi connectivity index (χ3n) is 4.35. The Morgan fingerprint density at radius 3 is 1.36 bits per heavy atom. The molecule has 3 heterocycles. The highest BCUT2D eigenvalue weighted by Crippen LogP contribution is 2.27.